The summed E-state index contributed by atoms with van der Waals surface area (Å²) in [5, 5.41) is 3.38. The molecule has 1 heterocycles. The second-order valence-corrected chi connectivity index (χ2v) is 10.4. The minimum Gasteiger partial charge on any atom is -0.340 e. The Kier molecular flexibility index (Phi) is 7.59. The zero-order chi connectivity index (χ0) is 23.5. The Bertz CT molecular complexity index is 1090. The van der Waals surface area contributed by atoms with Gasteiger partial charge in [0.1, 0.15) is 0 Å². The van der Waals surface area contributed by atoms with E-state index < -0.39 is 10.0 Å². The normalized spacial score (nSPS) is 14.9. The molecular weight excluding hydrogens is 450 g/mol. The summed E-state index contributed by atoms with van der Waals surface area (Å²) in [5.41, 5.74) is 3.89. The first kappa shape index (κ1) is 24.2. The molecule has 1 saturated heterocycles. The van der Waals surface area contributed by atoms with Gasteiger partial charge in [0.25, 0.3) is 0 Å². The predicted molar refractivity (Wildman–Crippen MR) is 125 cm³/mol. The molecule has 0 aromatic heterocycles. The smallest absolute Gasteiger partial charge is 0.243 e. The molecule has 1 aliphatic rings. The molecule has 172 valence electrons. The van der Waals surface area contributed by atoms with Crippen molar-refractivity contribution < 1.29 is 18.0 Å². The summed E-state index contributed by atoms with van der Waals surface area (Å²) in [6.45, 7) is 6.91. The number of hydrogen-bond donors (Lipinski definition) is 1. The van der Waals surface area contributed by atoms with Crippen LogP contribution in [0.3, 0.4) is 0 Å². The van der Waals surface area contributed by atoms with Crippen LogP contribution in [-0.4, -0.2) is 55.6 Å². The fourth-order valence-corrected chi connectivity index (χ4v) is 5.44. The quantitative estimate of drug-likeness (QED) is 0.689. The van der Waals surface area contributed by atoms with Crippen LogP contribution in [0.4, 0.5) is 5.69 Å². The summed E-state index contributed by atoms with van der Waals surface area (Å²) < 4.78 is 26.9. The van der Waals surface area contributed by atoms with Crippen LogP contribution in [0.15, 0.2) is 41.3 Å². The van der Waals surface area contributed by atoms with Gasteiger partial charge in [0.05, 0.1) is 4.90 Å². The summed E-state index contributed by atoms with van der Waals surface area (Å²) in [4.78, 5) is 26.7. The van der Waals surface area contributed by atoms with Crippen LogP contribution in [0.2, 0.25) is 5.02 Å². The van der Waals surface area contributed by atoms with E-state index in [0.717, 1.165) is 22.4 Å². The van der Waals surface area contributed by atoms with Gasteiger partial charge in [-0.05, 0) is 56.2 Å². The molecule has 32 heavy (non-hydrogen) atoms. The van der Waals surface area contributed by atoms with Crippen molar-refractivity contribution in [3.05, 3.63) is 58.1 Å². The number of halogens is 1. The van der Waals surface area contributed by atoms with E-state index in [1.807, 2.05) is 32.9 Å². The van der Waals surface area contributed by atoms with Crippen molar-refractivity contribution in [3.63, 3.8) is 0 Å². The molecule has 1 fully saturated rings. The van der Waals surface area contributed by atoms with Gasteiger partial charge in [-0.15, -0.1) is 0 Å². The van der Waals surface area contributed by atoms with E-state index in [0.29, 0.717) is 18.1 Å². The molecule has 1 aliphatic heterocycles. The minimum atomic E-state index is -3.63. The van der Waals surface area contributed by atoms with Crippen LogP contribution in [0.1, 0.15) is 29.5 Å². The Morgan fingerprint density at radius 1 is 0.938 bits per heavy atom. The van der Waals surface area contributed by atoms with E-state index in [2.05, 4.69) is 5.32 Å². The van der Waals surface area contributed by atoms with Crippen molar-refractivity contribution in [2.24, 2.45) is 0 Å². The monoisotopic (exact) mass is 477 g/mol. The maximum absolute atomic E-state index is 12.8. The number of piperazine rings is 1. The van der Waals surface area contributed by atoms with Gasteiger partial charge >= 0.3 is 0 Å². The van der Waals surface area contributed by atoms with Crippen molar-refractivity contribution >= 4 is 39.1 Å². The second-order valence-electron chi connectivity index (χ2n) is 8.06. The highest BCUT2D eigenvalue weighted by atomic mass is 35.5. The lowest BCUT2D eigenvalue weighted by molar-refractivity contribution is -0.133. The fraction of sp³-hybridized carbons (Fsp3) is 0.391. The van der Waals surface area contributed by atoms with Gasteiger partial charge < -0.3 is 10.2 Å². The summed E-state index contributed by atoms with van der Waals surface area (Å²) in [6.07, 6.45) is 0.161. The SMILES string of the molecule is Cc1cc(C)c(NC(=O)CCC(=O)N2CCN(S(=O)(=O)c3ccc(Cl)cc3)CC2)c(C)c1. The van der Waals surface area contributed by atoms with Gasteiger partial charge in [-0.25, -0.2) is 8.42 Å². The molecular formula is C23H28ClN3O4S. The molecule has 2 aromatic carbocycles. The van der Waals surface area contributed by atoms with Gasteiger partial charge in [-0.3, -0.25) is 9.59 Å². The van der Waals surface area contributed by atoms with E-state index >= 15 is 0 Å². The number of hydrogen-bond acceptors (Lipinski definition) is 4. The number of nitrogens with one attached hydrogen (secondary N) is 1. The lowest BCUT2D eigenvalue weighted by Crippen LogP contribution is -2.50. The third-order valence-corrected chi connectivity index (χ3v) is 7.71. The number of benzene rings is 2. The van der Waals surface area contributed by atoms with Crippen LogP contribution >= 0.6 is 11.6 Å². The molecule has 7 nitrogen and oxygen atoms in total. The maximum Gasteiger partial charge on any atom is 0.243 e. The Hall–Kier alpha value is -2.42. The number of carbonyl (C=O) groups is 2. The minimum absolute atomic E-state index is 0.0783. The van der Waals surface area contributed by atoms with Crippen molar-refractivity contribution in [1.29, 1.82) is 0 Å². The molecule has 0 radical (unpaired) electrons. The number of carbonyl (C=O) groups excluding carboxylic acids is 2. The van der Waals surface area contributed by atoms with Gasteiger partial charge in [0.15, 0.2) is 0 Å². The first-order valence-electron chi connectivity index (χ1n) is 10.5. The molecule has 0 aliphatic carbocycles. The van der Waals surface area contributed by atoms with Gasteiger partial charge in [0, 0.05) is 49.7 Å². The standard InChI is InChI=1S/C23H28ClN3O4S/c1-16-14-17(2)23(18(3)15-16)25-21(28)8-9-22(29)26-10-12-27(13-11-26)32(30,31)20-6-4-19(24)5-7-20/h4-7,14-15H,8-13H2,1-3H3,(H,25,28). The summed E-state index contributed by atoms with van der Waals surface area (Å²) in [7, 11) is -3.63. The van der Waals surface area contributed by atoms with Crippen molar-refractivity contribution in [1.82, 2.24) is 9.21 Å². The molecule has 1 N–H and O–H groups in total. The Morgan fingerprint density at radius 2 is 1.50 bits per heavy atom. The number of sulfonamides is 1. The number of rotatable bonds is 6. The molecule has 0 atom stereocenters. The van der Waals surface area contributed by atoms with Crippen molar-refractivity contribution in [2.75, 3.05) is 31.5 Å². The van der Waals surface area contributed by atoms with Gasteiger partial charge in [0.2, 0.25) is 21.8 Å². The average molecular weight is 478 g/mol. The van der Waals surface area contributed by atoms with Crippen LogP contribution in [-0.2, 0) is 19.6 Å². The van der Waals surface area contributed by atoms with Crippen LogP contribution in [0.25, 0.3) is 0 Å². The number of anilines is 1. The third-order valence-electron chi connectivity index (χ3n) is 5.55. The number of amides is 2. The topological polar surface area (TPSA) is 86.8 Å². The second kappa shape index (κ2) is 10.0. The van der Waals surface area contributed by atoms with E-state index in [1.54, 1.807) is 17.0 Å². The molecule has 0 spiro atoms. The first-order valence-corrected chi connectivity index (χ1v) is 12.3. The Balaban J connectivity index is 1.50. The molecule has 2 amide bonds. The van der Waals surface area contributed by atoms with E-state index in [4.69, 9.17) is 11.6 Å². The zero-order valence-electron chi connectivity index (χ0n) is 18.5. The molecule has 2 aromatic rings. The Labute approximate surface area is 194 Å². The predicted octanol–water partition coefficient (Wildman–Crippen LogP) is 3.52. The van der Waals surface area contributed by atoms with E-state index in [-0.39, 0.29) is 42.6 Å². The highest BCUT2D eigenvalue weighted by Crippen LogP contribution is 2.23. The summed E-state index contributed by atoms with van der Waals surface area (Å²) in [5.74, 6) is -0.363. The van der Waals surface area contributed by atoms with Gasteiger partial charge in [-0.2, -0.15) is 4.31 Å². The molecule has 9 heteroatoms. The lowest BCUT2D eigenvalue weighted by Gasteiger charge is -2.34. The number of aryl methyl sites for hydroxylation is 3. The summed E-state index contributed by atoms with van der Waals surface area (Å²) in [6, 6.07) is 10.0. The van der Waals surface area contributed by atoms with Crippen LogP contribution in [0.5, 0.6) is 0 Å². The molecule has 0 unspecified atom stereocenters. The van der Waals surface area contributed by atoms with Crippen molar-refractivity contribution in [2.45, 2.75) is 38.5 Å². The van der Waals surface area contributed by atoms with E-state index in [1.165, 1.54) is 16.4 Å². The Morgan fingerprint density at radius 3 is 2.06 bits per heavy atom. The largest absolute Gasteiger partial charge is 0.340 e. The molecule has 0 bridgehead atoms. The zero-order valence-corrected chi connectivity index (χ0v) is 20.1. The molecule has 3 rings (SSSR count). The number of nitrogens with zero attached hydrogens (tertiary/aromatic N) is 2. The van der Waals surface area contributed by atoms with Crippen molar-refractivity contribution in [3.8, 4) is 0 Å². The fourth-order valence-electron chi connectivity index (χ4n) is 3.89. The van der Waals surface area contributed by atoms with Gasteiger partial charge in [-0.1, -0.05) is 29.3 Å². The van der Waals surface area contributed by atoms with Crippen LogP contribution in [0, 0.1) is 20.8 Å². The summed E-state index contributed by atoms with van der Waals surface area (Å²) >= 11 is 5.84. The third kappa shape index (κ3) is 5.68. The lowest BCUT2D eigenvalue weighted by atomic mass is 10.0. The molecule has 0 saturated carbocycles. The highest BCUT2D eigenvalue weighted by Gasteiger charge is 2.30. The average Bonchev–Trinajstić information content (AvgIpc) is 2.75. The highest BCUT2D eigenvalue weighted by molar-refractivity contribution is 7.89. The van der Waals surface area contributed by atoms with Crippen LogP contribution < -0.4 is 5.32 Å². The maximum atomic E-state index is 12.8. The van der Waals surface area contributed by atoms with E-state index in [9.17, 15) is 18.0 Å². The first-order chi connectivity index (χ1) is 15.1.